The van der Waals surface area contributed by atoms with Crippen molar-refractivity contribution in [2.45, 2.75) is 52.2 Å². The topological polar surface area (TPSA) is 108 Å². The maximum atomic E-state index is 13.7. The third-order valence-electron chi connectivity index (χ3n) is 5.62. The number of unbranched alkanes of at least 4 members (excludes halogenated alkanes) is 1. The van der Waals surface area contributed by atoms with E-state index in [1.165, 1.54) is 17.0 Å². The zero-order valence-corrected chi connectivity index (χ0v) is 21.8. The lowest BCUT2D eigenvalue weighted by Crippen LogP contribution is -2.46. The van der Waals surface area contributed by atoms with Gasteiger partial charge in [-0.15, -0.1) is 0 Å². The number of amides is 3. The molecule has 3 amide bonds. The third-order valence-corrected chi connectivity index (χ3v) is 5.62. The molecule has 0 spiro atoms. The van der Waals surface area contributed by atoms with E-state index in [0.29, 0.717) is 17.7 Å². The van der Waals surface area contributed by atoms with Crippen molar-refractivity contribution in [1.82, 2.24) is 10.2 Å². The number of nitrogens with zero attached hydrogens (tertiary/aromatic N) is 1. The first-order chi connectivity index (χ1) is 17.6. The van der Waals surface area contributed by atoms with Crippen LogP contribution in [-0.4, -0.2) is 46.6 Å². The minimum Gasteiger partial charge on any atom is -0.508 e. The minimum absolute atomic E-state index is 0.0178. The number of phenolic OH excluding ortho intramolecular Hbond substituents is 1. The Bertz CT molecular complexity index is 1250. The van der Waals surface area contributed by atoms with Crippen LogP contribution in [-0.2, 0) is 14.3 Å². The molecule has 0 aromatic heterocycles. The van der Waals surface area contributed by atoms with Gasteiger partial charge in [-0.2, -0.15) is 0 Å². The summed E-state index contributed by atoms with van der Waals surface area (Å²) in [5.41, 5.74) is 0.336. The summed E-state index contributed by atoms with van der Waals surface area (Å²) in [5.74, 6) is -0.889. The number of carbonyl (C=O) groups excluding carboxylic acids is 3. The molecule has 3 N–H and O–H groups in total. The van der Waals surface area contributed by atoms with Crippen LogP contribution in [0.2, 0.25) is 0 Å². The van der Waals surface area contributed by atoms with Gasteiger partial charge in [-0.25, -0.2) is 4.79 Å². The van der Waals surface area contributed by atoms with Gasteiger partial charge in [0.05, 0.1) is 0 Å². The summed E-state index contributed by atoms with van der Waals surface area (Å²) in [6.07, 6.45) is 0.727. The van der Waals surface area contributed by atoms with Gasteiger partial charge in [-0.05, 0) is 67.8 Å². The van der Waals surface area contributed by atoms with Crippen LogP contribution in [0.1, 0.15) is 52.1 Å². The van der Waals surface area contributed by atoms with E-state index >= 15 is 0 Å². The molecule has 0 aliphatic carbocycles. The molecule has 0 fully saturated rings. The molecule has 0 aliphatic rings. The van der Waals surface area contributed by atoms with Crippen LogP contribution in [0.3, 0.4) is 0 Å². The number of benzene rings is 3. The molecule has 37 heavy (non-hydrogen) atoms. The lowest BCUT2D eigenvalue weighted by molar-refractivity contribution is -0.138. The van der Waals surface area contributed by atoms with Crippen LogP contribution in [0.25, 0.3) is 10.8 Å². The molecule has 0 saturated carbocycles. The molecule has 8 heteroatoms. The number of hydrogen-bond donors (Lipinski definition) is 3. The number of fused-ring (bicyclic) bond motifs is 1. The lowest BCUT2D eigenvalue weighted by Gasteiger charge is -2.32. The molecule has 0 heterocycles. The van der Waals surface area contributed by atoms with E-state index in [1.54, 1.807) is 32.9 Å². The second kappa shape index (κ2) is 12.3. The molecule has 196 valence electrons. The number of carbonyl (C=O) groups is 3. The predicted octanol–water partition coefficient (Wildman–Crippen LogP) is 5.38. The van der Waals surface area contributed by atoms with Crippen molar-refractivity contribution in [3.8, 4) is 5.75 Å². The van der Waals surface area contributed by atoms with E-state index in [2.05, 4.69) is 10.6 Å². The van der Waals surface area contributed by atoms with Gasteiger partial charge in [0.1, 0.15) is 23.9 Å². The third kappa shape index (κ3) is 7.96. The molecule has 3 rings (SSSR count). The standard InChI is InChI=1S/C29H35N3O5/c1-5-6-16-32(25(34)19-30-28(36)37-29(2,3)4)26(22-12-9-13-24(33)18-22)27(35)31-23-15-14-20-10-7-8-11-21(20)17-23/h7-15,17-18,26,33H,5-6,16,19H2,1-4H3,(H,30,36)(H,31,35). The highest BCUT2D eigenvalue weighted by Crippen LogP contribution is 2.27. The summed E-state index contributed by atoms with van der Waals surface area (Å²) in [6.45, 7) is 7.14. The predicted molar refractivity (Wildman–Crippen MR) is 144 cm³/mol. The van der Waals surface area contributed by atoms with Crippen molar-refractivity contribution in [3.63, 3.8) is 0 Å². The minimum atomic E-state index is -1.03. The summed E-state index contributed by atoms with van der Waals surface area (Å²) in [6, 6.07) is 18.7. The molecule has 3 aromatic rings. The molecule has 0 saturated heterocycles. The van der Waals surface area contributed by atoms with E-state index in [-0.39, 0.29) is 18.8 Å². The van der Waals surface area contributed by atoms with Crippen LogP contribution in [0.5, 0.6) is 5.75 Å². The van der Waals surface area contributed by atoms with Crippen LogP contribution in [0, 0.1) is 0 Å². The number of hydrogen-bond acceptors (Lipinski definition) is 5. The van der Waals surface area contributed by atoms with Gasteiger partial charge in [-0.3, -0.25) is 9.59 Å². The summed E-state index contributed by atoms with van der Waals surface area (Å²) >= 11 is 0. The normalized spacial score (nSPS) is 12.0. The van der Waals surface area contributed by atoms with E-state index < -0.39 is 29.6 Å². The second-order valence-corrected chi connectivity index (χ2v) is 9.84. The number of ether oxygens (including phenoxy) is 1. The largest absolute Gasteiger partial charge is 0.508 e. The van der Waals surface area contributed by atoms with Gasteiger partial charge >= 0.3 is 6.09 Å². The lowest BCUT2D eigenvalue weighted by atomic mass is 10.0. The monoisotopic (exact) mass is 505 g/mol. The first-order valence-electron chi connectivity index (χ1n) is 12.4. The maximum Gasteiger partial charge on any atom is 0.408 e. The summed E-state index contributed by atoms with van der Waals surface area (Å²) in [5, 5.41) is 17.6. The van der Waals surface area contributed by atoms with E-state index in [9.17, 15) is 19.5 Å². The summed E-state index contributed by atoms with van der Waals surface area (Å²) in [7, 11) is 0. The quantitative estimate of drug-likeness (QED) is 0.362. The van der Waals surface area contributed by atoms with E-state index in [1.807, 2.05) is 49.4 Å². The number of nitrogens with one attached hydrogen (secondary N) is 2. The fourth-order valence-electron chi connectivity index (χ4n) is 3.94. The Morgan fingerprint density at radius 1 is 0.973 bits per heavy atom. The Morgan fingerprint density at radius 3 is 2.38 bits per heavy atom. The zero-order chi connectivity index (χ0) is 27.0. The molecule has 1 atom stereocenters. The van der Waals surface area contributed by atoms with Gasteiger partial charge in [0.15, 0.2) is 0 Å². The Labute approximate surface area is 217 Å². The smallest absolute Gasteiger partial charge is 0.408 e. The van der Waals surface area contributed by atoms with Gasteiger partial charge in [-0.1, -0.05) is 55.8 Å². The summed E-state index contributed by atoms with van der Waals surface area (Å²) in [4.78, 5) is 40.6. The zero-order valence-electron chi connectivity index (χ0n) is 21.8. The molecule has 3 aromatic carbocycles. The highest BCUT2D eigenvalue weighted by molar-refractivity contribution is 6.00. The fraction of sp³-hybridized carbons (Fsp3) is 0.345. The SMILES string of the molecule is CCCCN(C(=O)CNC(=O)OC(C)(C)C)C(C(=O)Nc1ccc2ccccc2c1)c1cccc(O)c1. The van der Waals surface area contributed by atoms with Gasteiger partial charge in [0.25, 0.3) is 5.91 Å². The van der Waals surface area contributed by atoms with Crippen LogP contribution >= 0.6 is 0 Å². The Kier molecular flexibility index (Phi) is 9.11. The number of rotatable bonds is 9. The van der Waals surface area contributed by atoms with Crippen molar-refractivity contribution >= 4 is 34.4 Å². The Morgan fingerprint density at radius 2 is 1.70 bits per heavy atom. The maximum absolute atomic E-state index is 13.7. The first kappa shape index (κ1) is 27.5. The van der Waals surface area contributed by atoms with Crippen molar-refractivity contribution in [3.05, 3.63) is 72.3 Å². The average Bonchev–Trinajstić information content (AvgIpc) is 2.83. The highest BCUT2D eigenvalue weighted by atomic mass is 16.6. The van der Waals surface area contributed by atoms with Crippen molar-refractivity contribution in [2.24, 2.45) is 0 Å². The molecule has 0 aliphatic heterocycles. The molecule has 0 radical (unpaired) electrons. The van der Waals surface area contributed by atoms with Gasteiger partial charge in [0, 0.05) is 12.2 Å². The highest BCUT2D eigenvalue weighted by Gasteiger charge is 2.32. The summed E-state index contributed by atoms with van der Waals surface area (Å²) < 4.78 is 5.24. The second-order valence-electron chi connectivity index (χ2n) is 9.84. The van der Waals surface area contributed by atoms with Crippen molar-refractivity contribution in [1.29, 1.82) is 0 Å². The number of alkyl carbamates (subject to hydrolysis) is 1. The van der Waals surface area contributed by atoms with Gasteiger partial charge < -0.3 is 25.4 Å². The van der Waals surface area contributed by atoms with Crippen LogP contribution < -0.4 is 10.6 Å². The Balaban J connectivity index is 1.90. The molecule has 0 bridgehead atoms. The van der Waals surface area contributed by atoms with E-state index in [4.69, 9.17) is 4.74 Å². The Hall–Kier alpha value is -4.07. The van der Waals surface area contributed by atoms with Crippen molar-refractivity contribution in [2.75, 3.05) is 18.4 Å². The van der Waals surface area contributed by atoms with E-state index in [0.717, 1.165) is 17.2 Å². The number of anilines is 1. The first-order valence-corrected chi connectivity index (χ1v) is 12.4. The number of phenols is 1. The fourth-order valence-corrected chi connectivity index (χ4v) is 3.94. The molecule has 8 nitrogen and oxygen atoms in total. The van der Waals surface area contributed by atoms with Gasteiger partial charge in [0.2, 0.25) is 5.91 Å². The molecular formula is C29H35N3O5. The number of aromatic hydroxyl groups is 1. The molecular weight excluding hydrogens is 470 g/mol. The van der Waals surface area contributed by atoms with Crippen molar-refractivity contribution < 1.29 is 24.2 Å². The average molecular weight is 506 g/mol. The van der Waals surface area contributed by atoms with Crippen LogP contribution in [0.4, 0.5) is 10.5 Å². The molecule has 1 unspecified atom stereocenters. The van der Waals surface area contributed by atoms with Crippen LogP contribution in [0.15, 0.2) is 66.7 Å².